The lowest BCUT2D eigenvalue weighted by Crippen LogP contribution is -2.31. The third kappa shape index (κ3) is 3.85. The number of anilines is 1. The molecule has 1 saturated heterocycles. The highest BCUT2D eigenvalue weighted by Gasteiger charge is 2.32. The molecule has 140 valence electrons. The minimum atomic E-state index is -0.204. The molecular weight excluding hydrogens is 392 g/mol. The molecule has 5 nitrogen and oxygen atoms in total. The van der Waals surface area contributed by atoms with Gasteiger partial charge < -0.3 is 9.73 Å². The van der Waals surface area contributed by atoms with Crippen LogP contribution in [-0.4, -0.2) is 27.6 Å². The summed E-state index contributed by atoms with van der Waals surface area (Å²) in [5.74, 6) is 0.221. The monoisotopic (exact) mass is 408 g/mol. The van der Waals surface area contributed by atoms with Crippen molar-refractivity contribution in [3.05, 3.63) is 71.5 Å². The van der Waals surface area contributed by atoms with Gasteiger partial charge in [0.15, 0.2) is 0 Å². The Morgan fingerprint density at radius 2 is 1.96 bits per heavy atom. The summed E-state index contributed by atoms with van der Waals surface area (Å²) in [6, 6.07) is 17.1. The number of fused-ring (bicyclic) bond motifs is 1. The zero-order valence-electron chi connectivity index (χ0n) is 14.8. The molecule has 0 spiro atoms. The zero-order valence-corrected chi connectivity index (χ0v) is 16.4. The molecule has 2 aromatic carbocycles. The lowest BCUT2D eigenvalue weighted by atomic mass is 10.1. The largest absolute Gasteiger partial charge is 0.465 e. The van der Waals surface area contributed by atoms with E-state index in [1.807, 2.05) is 42.5 Å². The van der Waals surface area contributed by atoms with Crippen LogP contribution in [0.2, 0.25) is 0 Å². The number of thiocarbonyl (C=S) groups is 1. The second-order valence-corrected chi connectivity index (χ2v) is 7.85. The molecule has 2 heterocycles. The van der Waals surface area contributed by atoms with Gasteiger partial charge in [-0.05, 0) is 23.6 Å². The highest BCUT2D eigenvalue weighted by Crippen LogP contribution is 2.32. The molecule has 0 bridgehead atoms. The lowest BCUT2D eigenvalue weighted by Gasteiger charge is -2.14. The predicted octanol–water partition coefficient (Wildman–Crippen LogP) is 4.66. The van der Waals surface area contributed by atoms with Crippen molar-refractivity contribution < 1.29 is 14.0 Å². The molecule has 1 aromatic heterocycles. The van der Waals surface area contributed by atoms with Crippen molar-refractivity contribution in [2.75, 3.05) is 11.9 Å². The molecule has 4 rings (SSSR count). The summed E-state index contributed by atoms with van der Waals surface area (Å²) < 4.78 is 5.69. The van der Waals surface area contributed by atoms with E-state index in [1.54, 1.807) is 24.5 Å². The van der Waals surface area contributed by atoms with E-state index in [1.165, 1.54) is 16.7 Å². The molecule has 0 aliphatic carbocycles. The van der Waals surface area contributed by atoms with Crippen molar-refractivity contribution in [2.45, 2.75) is 6.42 Å². The number of nitrogens with one attached hydrogen (secondary N) is 1. The van der Waals surface area contributed by atoms with Gasteiger partial charge in [0.05, 0.1) is 11.2 Å². The maximum absolute atomic E-state index is 12.6. The molecule has 7 heteroatoms. The molecular formula is C21H16N2O3S2. The topological polar surface area (TPSA) is 62.6 Å². The Labute approximate surface area is 171 Å². The summed E-state index contributed by atoms with van der Waals surface area (Å²) in [7, 11) is 0. The summed E-state index contributed by atoms with van der Waals surface area (Å²) in [5.41, 5.74) is 0.756. The summed E-state index contributed by atoms with van der Waals surface area (Å²) >= 11 is 6.51. The molecule has 28 heavy (non-hydrogen) atoms. The van der Waals surface area contributed by atoms with E-state index >= 15 is 0 Å². The Morgan fingerprint density at radius 3 is 2.79 bits per heavy atom. The molecule has 3 aromatic rings. The minimum Gasteiger partial charge on any atom is -0.465 e. The van der Waals surface area contributed by atoms with Crippen molar-refractivity contribution in [3.63, 3.8) is 0 Å². The normalized spacial score (nSPS) is 15.6. The number of hydrogen-bond donors (Lipinski definition) is 1. The van der Waals surface area contributed by atoms with Crippen molar-refractivity contribution in [1.29, 1.82) is 0 Å². The second-order valence-electron chi connectivity index (χ2n) is 6.17. The van der Waals surface area contributed by atoms with Crippen LogP contribution in [0.3, 0.4) is 0 Å². The lowest BCUT2D eigenvalue weighted by molar-refractivity contribution is -0.122. The second kappa shape index (κ2) is 8.00. The molecule has 1 aliphatic rings. The Balaban J connectivity index is 1.41. The molecule has 0 atom stereocenters. The van der Waals surface area contributed by atoms with Crippen LogP contribution in [0.25, 0.3) is 16.8 Å². The summed E-state index contributed by atoms with van der Waals surface area (Å²) in [6.45, 7) is 0.233. The van der Waals surface area contributed by atoms with Gasteiger partial charge >= 0.3 is 0 Å². The van der Waals surface area contributed by atoms with E-state index < -0.39 is 0 Å². The first-order chi connectivity index (χ1) is 13.6. The smallest absolute Gasteiger partial charge is 0.266 e. The van der Waals surface area contributed by atoms with Gasteiger partial charge in [0, 0.05) is 30.1 Å². The van der Waals surface area contributed by atoms with Gasteiger partial charge in [-0.25, -0.2) is 0 Å². The molecule has 0 saturated carbocycles. The predicted molar refractivity (Wildman–Crippen MR) is 116 cm³/mol. The average Bonchev–Trinajstić information content (AvgIpc) is 3.29. The fraction of sp³-hybridized carbons (Fsp3) is 0.0952. The summed E-state index contributed by atoms with van der Waals surface area (Å²) in [4.78, 5) is 26.9. The molecule has 2 amide bonds. The van der Waals surface area contributed by atoms with Crippen LogP contribution >= 0.6 is 24.0 Å². The van der Waals surface area contributed by atoms with Crippen LogP contribution < -0.4 is 5.32 Å². The highest BCUT2D eigenvalue weighted by atomic mass is 32.2. The van der Waals surface area contributed by atoms with Gasteiger partial charge in [-0.1, -0.05) is 60.4 Å². The van der Waals surface area contributed by atoms with Crippen LogP contribution in [0.1, 0.15) is 12.2 Å². The van der Waals surface area contributed by atoms with E-state index in [0.717, 1.165) is 16.5 Å². The Morgan fingerprint density at radius 1 is 1.14 bits per heavy atom. The van der Waals surface area contributed by atoms with Gasteiger partial charge in [0.25, 0.3) is 5.91 Å². The van der Waals surface area contributed by atoms with E-state index in [9.17, 15) is 9.59 Å². The minimum absolute atomic E-state index is 0.156. The van der Waals surface area contributed by atoms with Crippen molar-refractivity contribution in [3.8, 4) is 0 Å². The van der Waals surface area contributed by atoms with Crippen LogP contribution in [0.4, 0.5) is 5.69 Å². The van der Waals surface area contributed by atoms with Crippen molar-refractivity contribution in [2.24, 2.45) is 0 Å². The Bertz CT molecular complexity index is 1080. The fourth-order valence-electron chi connectivity index (χ4n) is 2.96. The van der Waals surface area contributed by atoms with E-state index in [0.29, 0.717) is 15.0 Å². The maximum atomic E-state index is 12.6. The SMILES string of the molecule is O=C(CCN1C(=O)/C(=C\c2ccco2)SC1=S)Nc1cccc2ccccc12. The number of benzene rings is 2. The number of carbonyl (C=O) groups excluding carboxylic acids is 2. The number of amides is 2. The Hall–Kier alpha value is -2.90. The molecule has 1 N–H and O–H groups in total. The number of carbonyl (C=O) groups is 2. The third-order valence-electron chi connectivity index (χ3n) is 4.32. The highest BCUT2D eigenvalue weighted by molar-refractivity contribution is 8.26. The van der Waals surface area contributed by atoms with Crippen LogP contribution in [-0.2, 0) is 9.59 Å². The van der Waals surface area contributed by atoms with Gasteiger partial charge in [-0.15, -0.1) is 0 Å². The quantitative estimate of drug-likeness (QED) is 0.491. The van der Waals surface area contributed by atoms with Gasteiger partial charge in [0.2, 0.25) is 5.91 Å². The maximum Gasteiger partial charge on any atom is 0.266 e. The number of rotatable bonds is 5. The Kier molecular flexibility index (Phi) is 5.27. The van der Waals surface area contributed by atoms with E-state index in [-0.39, 0.29) is 24.8 Å². The van der Waals surface area contributed by atoms with Crippen LogP contribution in [0, 0.1) is 0 Å². The number of nitrogens with zero attached hydrogens (tertiary/aromatic N) is 1. The van der Waals surface area contributed by atoms with Crippen molar-refractivity contribution >= 4 is 62.7 Å². The van der Waals surface area contributed by atoms with E-state index in [2.05, 4.69) is 5.32 Å². The van der Waals surface area contributed by atoms with Crippen molar-refractivity contribution in [1.82, 2.24) is 4.90 Å². The van der Waals surface area contributed by atoms with Crippen LogP contribution in [0.5, 0.6) is 0 Å². The summed E-state index contributed by atoms with van der Waals surface area (Å²) in [6.07, 6.45) is 3.36. The number of thioether (sulfide) groups is 1. The van der Waals surface area contributed by atoms with E-state index in [4.69, 9.17) is 16.6 Å². The van der Waals surface area contributed by atoms with Gasteiger partial charge in [-0.3, -0.25) is 14.5 Å². The zero-order chi connectivity index (χ0) is 19.5. The summed E-state index contributed by atoms with van der Waals surface area (Å²) in [5, 5.41) is 4.96. The number of furan rings is 1. The first kappa shape index (κ1) is 18.5. The molecule has 0 unspecified atom stereocenters. The molecule has 1 aliphatic heterocycles. The first-order valence-electron chi connectivity index (χ1n) is 8.68. The van der Waals surface area contributed by atoms with Gasteiger partial charge in [-0.2, -0.15) is 0 Å². The van der Waals surface area contributed by atoms with Gasteiger partial charge in [0.1, 0.15) is 10.1 Å². The molecule has 0 radical (unpaired) electrons. The number of hydrogen-bond acceptors (Lipinski definition) is 5. The standard InChI is InChI=1S/C21H16N2O3S2/c24-19(22-17-9-3-6-14-5-1-2-8-16(14)17)10-11-23-20(25)18(28-21(23)27)13-15-7-4-12-26-15/h1-9,12-13H,10-11H2,(H,22,24)/b18-13+. The molecule has 1 fully saturated rings. The average molecular weight is 409 g/mol. The fourth-order valence-corrected chi connectivity index (χ4v) is 4.24. The van der Waals surface area contributed by atoms with Crippen LogP contribution in [0.15, 0.2) is 70.2 Å². The third-order valence-corrected chi connectivity index (χ3v) is 5.69. The first-order valence-corrected chi connectivity index (χ1v) is 9.91.